The van der Waals surface area contributed by atoms with E-state index in [1.54, 1.807) is 42.5 Å². The van der Waals surface area contributed by atoms with Crippen LogP contribution in [0.25, 0.3) is 10.9 Å². The van der Waals surface area contributed by atoms with Gasteiger partial charge in [0.25, 0.3) is 11.8 Å². The molecular formula is C26H25N5O3. The van der Waals surface area contributed by atoms with Crippen molar-refractivity contribution in [3.8, 4) is 5.75 Å². The number of carbonyl (C=O) groups is 2. The van der Waals surface area contributed by atoms with Gasteiger partial charge >= 0.3 is 0 Å². The second-order valence-corrected chi connectivity index (χ2v) is 8.07. The van der Waals surface area contributed by atoms with Crippen molar-refractivity contribution < 1.29 is 14.3 Å². The maximum Gasteiger partial charge on any atom is 0.272 e. The number of methoxy groups -OCH3 is 1. The van der Waals surface area contributed by atoms with E-state index < -0.39 is 0 Å². The maximum atomic E-state index is 13.6. The molecule has 5 rings (SSSR count). The molecular weight excluding hydrogens is 430 g/mol. The predicted octanol–water partition coefficient (Wildman–Crippen LogP) is 3.79. The van der Waals surface area contributed by atoms with E-state index in [2.05, 4.69) is 20.2 Å². The van der Waals surface area contributed by atoms with E-state index in [9.17, 15) is 9.59 Å². The molecule has 8 nitrogen and oxygen atoms in total. The number of amides is 2. The maximum absolute atomic E-state index is 13.6. The minimum Gasteiger partial charge on any atom is -0.497 e. The molecule has 0 spiro atoms. The van der Waals surface area contributed by atoms with Gasteiger partial charge in [-0.3, -0.25) is 9.59 Å². The number of benzene rings is 2. The number of nitrogens with one attached hydrogen (secondary N) is 2. The minimum absolute atomic E-state index is 0.154. The molecule has 0 bridgehead atoms. The summed E-state index contributed by atoms with van der Waals surface area (Å²) in [7, 11) is 1.59. The standard InChI is InChI=1S/C26H25N5O3/c1-34-19-10-11-21-20(17-19)23(29-25(32)18-7-3-2-4-8-18)24(28-21)26(33)31-15-13-30(14-16-31)22-9-5-6-12-27-22/h2-12,17,28H,13-16H2,1H3,(H,29,32). The van der Waals surface area contributed by atoms with Gasteiger partial charge in [0, 0.05) is 48.8 Å². The number of anilines is 2. The Morgan fingerprint density at radius 1 is 0.971 bits per heavy atom. The molecule has 172 valence electrons. The Kier molecular flexibility index (Phi) is 5.86. The number of pyridine rings is 1. The number of hydrogen-bond donors (Lipinski definition) is 2. The highest BCUT2D eigenvalue weighted by Gasteiger charge is 2.28. The van der Waals surface area contributed by atoms with Crippen LogP contribution in [0.2, 0.25) is 0 Å². The van der Waals surface area contributed by atoms with Crippen LogP contribution in [-0.2, 0) is 0 Å². The highest BCUT2D eigenvalue weighted by Crippen LogP contribution is 2.32. The highest BCUT2D eigenvalue weighted by molar-refractivity contribution is 6.15. The molecule has 1 saturated heterocycles. The molecule has 0 radical (unpaired) electrons. The Hall–Kier alpha value is -4.33. The van der Waals surface area contributed by atoms with Gasteiger partial charge in [-0.25, -0.2) is 4.98 Å². The summed E-state index contributed by atoms with van der Waals surface area (Å²) in [5.74, 6) is 1.12. The lowest BCUT2D eigenvalue weighted by molar-refractivity contribution is 0.0742. The van der Waals surface area contributed by atoms with E-state index >= 15 is 0 Å². The number of fused-ring (bicyclic) bond motifs is 1. The lowest BCUT2D eigenvalue weighted by Crippen LogP contribution is -2.49. The van der Waals surface area contributed by atoms with Crippen LogP contribution < -0.4 is 15.0 Å². The van der Waals surface area contributed by atoms with Gasteiger partial charge in [0.2, 0.25) is 0 Å². The van der Waals surface area contributed by atoms with Crippen molar-refractivity contribution in [2.45, 2.75) is 0 Å². The zero-order valence-corrected chi connectivity index (χ0v) is 18.8. The lowest BCUT2D eigenvalue weighted by atomic mass is 10.1. The second-order valence-electron chi connectivity index (χ2n) is 8.07. The summed E-state index contributed by atoms with van der Waals surface area (Å²) in [5, 5.41) is 3.68. The van der Waals surface area contributed by atoms with Gasteiger partial charge in [-0.15, -0.1) is 0 Å². The summed E-state index contributed by atoms with van der Waals surface area (Å²) >= 11 is 0. The van der Waals surface area contributed by atoms with Crippen molar-refractivity contribution in [3.63, 3.8) is 0 Å². The van der Waals surface area contributed by atoms with Crippen LogP contribution in [0.15, 0.2) is 72.9 Å². The highest BCUT2D eigenvalue weighted by atomic mass is 16.5. The number of piperazine rings is 1. The van der Waals surface area contributed by atoms with Gasteiger partial charge in [-0.05, 0) is 42.5 Å². The van der Waals surface area contributed by atoms with Crippen molar-refractivity contribution in [3.05, 3.63) is 84.2 Å². The number of hydrogen-bond acceptors (Lipinski definition) is 5. The third-order valence-electron chi connectivity index (χ3n) is 6.03. The Morgan fingerprint density at radius 2 is 1.74 bits per heavy atom. The van der Waals surface area contributed by atoms with E-state index in [4.69, 9.17) is 4.74 Å². The summed E-state index contributed by atoms with van der Waals surface area (Å²) in [6, 6.07) is 20.3. The van der Waals surface area contributed by atoms with Crippen LogP contribution in [0.4, 0.5) is 11.5 Å². The first-order chi connectivity index (χ1) is 16.6. The van der Waals surface area contributed by atoms with Crippen molar-refractivity contribution in [2.24, 2.45) is 0 Å². The van der Waals surface area contributed by atoms with Gasteiger partial charge in [-0.2, -0.15) is 0 Å². The number of aromatic amines is 1. The van der Waals surface area contributed by atoms with Crippen LogP contribution in [-0.4, -0.2) is 60.0 Å². The monoisotopic (exact) mass is 455 g/mol. The normalized spacial score (nSPS) is 13.7. The third kappa shape index (κ3) is 4.17. The zero-order valence-electron chi connectivity index (χ0n) is 18.8. The molecule has 4 aromatic rings. The van der Waals surface area contributed by atoms with Gasteiger partial charge in [0.15, 0.2) is 0 Å². The van der Waals surface area contributed by atoms with Gasteiger partial charge < -0.3 is 24.8 Å². The van der Waals surface area contributed by atoms with Gasteiger partial charge in [0.1, 0.15) is 17.3 Å². The molecule has 1 aliphatic heterocycles. The molecule has 0 atom stereocenters. The van der Waals surface area contributed by atoms with Crippen LogP contribution in [0, 0.1) is 0 Å². The first-order valence-corrected chi connectivity index (χ1v) is 11.2. The summed E-state index contributed by atoms with van der Waals surface area (Å²) < 4.78 is 5.37. The fourth-order valence-corrected chi connectivity index (χ4v) is 4.20. The Morgan fingerprint density at radius 3 is 2.44 bits per heavy atom. The summed E-state index contributed by atoms with van der Waals surface area (Å²) in [6.45, 7) is 2.48. The second kappa shape index (κ2) is 9.27. The molecule has 2 aromatic heterocycles. The molecule has 0 unspecified atom stereocenters. The van der Waals surface area contributed by atoms with E-state index in [1.165, 1.54) is 0 Å². The fraction of sp³-hybridized carbons (Fsp3) is 0.192. The number of aromatic nitrogens is 2. The summed E-state index contributed by atoms with van der Waals surface area (Å²) in [5.41, 5.74) is 2.08. The molecule has 2 amide bonds. The van der Waals surface area contributed by atoms with E-state index in [1.807, 2.05) is 42.5 Å². The molecule has 2 N–H and O–H groups in total. The SMILES string of the molecule is COc1ccc2[nH]c(C(=O)N3CCN(c4ccccn4)CC3)c(NC(=O)c3ccccc3)c2c1. The lowest BCUT2D eigenvalue weighted by Gasteiger charge is -2.35. The number of rotatable bonds is 5. The van der Waals surface area contributed by atoms with Crippen molar-refractivity contribution in [1.29, 1.82) is 0 Å². The smallest absolute Gasteiger partial charge is 0.272 e. The third-order valence-corrected chi connectivity index (χ3v) is 6.03. The van der Waals surface area contributed by atoms with Crippen LogP contribution in [0.5, 0.6) is 5.75 Å². The topological polar surface area (TPSA) is 90.6 Å². The minimum atomic E-state index is -0.279. The van der Waals surface area contributed by atoms with E-state index in [0.29, 0.717) is 48.9 Å². The predicted molar refractivity (Wildman–Crippen MR) is 132 cm³/mol. The average molecular weight is 456 g/mol. The van der Waals surface area contributed by atoms with Gasteiger partial charge in [0.05, 0.1) is 12.8 Å². The average Bonchev–Trinajstić information content (AvgIpc) is 3.26. The molecule has 1 aliphatic rings. The molecule has 34 heavy (non-hydrogen) atoms. The number of nitrogens with zero attached hydrogens (tertiary/aromatic N) is 3. The van der Waals surface area contributed by atoms with Gasteiger partial charge in [-0.1, -0.05) is 24.3 Å². The van der Waals surface area contributed by atoms with Crippen molar-refractivity contribution in [1.82, 2.24) is 14.9 Å². The quantitative estimate of drug-likeness (QED) is 0.478. The number of carbonyl (C=O) groups excluding carboxylic acids is 2. The van der Waals surface area contributed by atoms with Crippen LogP contribution in [0.1, 0.15) is 20.8 Å². The first kappa shape index (κ1) is 21.5. The Labute approximate surface area is 197 Å². The molecule has 0 saturated carbocycles. The Balaban J connectivity index is 1.43. The van der Waals surface area contributed by atoms with E-state index in [0.717, 1.165) is 16.7 Å². The van der Waals surface area contributed by atoms with Crippen LogP contribution >= 0.6 is 0 Å². The summed E-state index contributed by atoms with van der Waals surface area (Å²) in [6.07, 6.45) is 1.77. The van der Waals surface area contributed by atoms with Crippen molar-refractivity contribution in [2.75, 3.05) is 43.5 Å². The number of H-pyrrole nitrogens is 1. The fourth-order valence-electron chi connectivity index (χ4n) is 4.20. The Bertz CT molecular complexity index is 1310. The largest absolute Gasteiger partial charge is 0.497 e. The molecule has 0 aliphatic carbocycles. The van der Waals surface area contributed by atoms with Crippen molar-refractivity contribution >= 4 is 34.2 Å². The molecule has 2 aromatic carbocycles. The molecule has 1 fully saturated rings. The number of ether oxygens (including phenoxy) is 1. The summed E-state index contributed by atoms with van der Waals surface area (Å²) in [4.78, 5) is 38.2. The molecule has 3 heterocycles. The zero-order chi connectivity index (χ0) is 23.5. The van der Waals surface area contributed by atoms with E-state index in [-0.39, 0.29) is 11.8 Å². The molecule has 8 heteroatoms. The van der Waals surface area contributed by atoms with Crippen LogP contribution in [0.3, 0.4) is 0 Å². The first-order valence-electron chi connectivity index (χ1n) is 11.2.